The number of amides is 1. The Balaban J connectivity index is 1.69. The Morgan fingerprint density at radius 2 is 2.47 bits per heavy atom. The van der Waals surface area contributed by atoms with Crippen LogP contribution in [0.4, 0.5) is 0 Å². The lowest BCUT2D eigenvalue weighted by Gasteiger charge is -2.33. The first-order chi connectivity index (χ1) is 8.24. The smallest absolute Gasteiger partial charge is 0.254 e. The van der Waals surface area contributed by atoms with E-state index in [-0.39, 0.29) is 5.91 Å². The van der Waals surface area contributed by atoms with Gasteiger partial charge >= 0.3 is 0 Å². The van der Waals surface area contributed by atoms with Crippen LogP contribution in [0, 0.1) is 5.92 Å². The molecule has 0 spiro atoms. The lowest BCUT2D eigenvalue weighted by atomic mass is 9.93. The second-order valence-electron chi connectivity index (χ2n) is 5.03. The van der Waals surface area contributed by atoms with Gasteiger partial charge in [-0.05, 0) is 31.2 Å². The van der Waals surface area contributed by atoms with Crippen molar-refractivity contribution in [3.05, 3.63) is 22.4 Å². The van der Waals surface area contributed by atoms with Gasteiger partial charge in [0.05, 0.1) is 17.8 Å². The fraction of sp³-hybridized carbons (Fsp3) is 0.615. The molecule has 0 unspecified atom stereocenters. The number of ether oxygens (including phenoxy) is 1. The molecule has 2 aliphatic heterocycles. The summed E-state index contributed by atoms with van der Waals surface area (Å²) in [6.07, 6.45) is 2.83. The molecule has 0 N–H and O–H groups in total. The Hall–Kier alpha value is -0.870. The molecule has 2 saturated heterocycles. The molecule has 0 bridgehead atoms. The van der Waals surface area contributed by atoms with E-state index in [1.807, 2.05) is 21.7 Å². The molecule has 0 radical (unpaired) electrons. The maximum atomic E-state index is 12.2. The number of thiophene rings is 1. The van der Waals surface area contributed by atoms with Gasteiger partial charge in [0.25, 0.3) is 5.91 Å². The Morgan fingerprint density at radius 1 is 1.59 bits per heavy atom. The molecule has 17 heavy (non-hydrogen) atoms. The summed E-state index contributed by atoms with van der Waals surface area (Å²) in [4.78, 5) is 14.2. The maximum Gasteiger partial charge on any atom is 0.254 e. The highest BCUT2D eigenvalue weighted by molar-refractivity contribution is 7.08. The lowest BCUT2D eigenvalue weighted by molar-refractivity contribution is 0.00867. The van der Waals surface area contributed by atoms with Gasteiger partial charge in [0.2, 0.25) is 0 Å². The molecule has 1 aromatic heterocycles. The number of piperidine rings is 1. The number of carbonyl (C=O) groups is 1. The normalized spacial score (nSPS) is 32.5. The SMILES string of the molecule is C[C@@H]1C[C@@H]2CN(C(=O)c3ccsc3)CC[C@@H]2O1. The Bertz CT molecular complexity index is 404. The first-order valence-electron chi connectivity index (χ1n) is 6.21. The van der Waals surface area contributed by atoms with Crippen molar-refractivity contribution < 1.29 is 9.53 Å². The van der Waals surface area contributed by atoms with Gasteiger partial charge in [-0.1, -0.05) is 0 Å². The fourth-order valence-corrected chi connectivity index (χ4v) is 3.58. The Labute approximate surface area is 105 Å². The number of nitrogens with zero attached hydrogens (tertiary/aromatic N) is 1. The maximum absolute atomic E-state index is 12.2. The lowest BCUT2D eigenvalue weighted by Crippen LogP contribution is -2.44. The van der Waals surface area contributed by atoms with Crippen LogP contribution in [0.3, 0.4) is 0 Å². The van der Waals surface area contributed by atoms with Crippen LogP contribution in [0.5, 0.6) is 0 Å². The van der Waals surface area contributed by atoms with Crippen molar-refractivity contribution in [1.29, 1.82) is 0 Å². The molecule has 3 heterocycles. The van der Waals surface area contributed by atoms with Crippen molar-refractivity contribution in [3.8, 4) is 0 Å². The van der Waals surface area contributed by atoms with Crippen LogP contribution in [0.1, 0.15) is 30.1 Å². The molecule has 3 atom stereocenters. The molecular formula is C13H17NO2S. The van der Waals surface area contributed by atoms with E-state index in [0.29, 0.717) is 18.1 Å². The van der Waals surface area contributed by atoms with Crippen molar-refractivity contribution in [2.45, 2.75) is 32.0 Å². The predicted molar refractivity (Wildman–Crippen MR) is 67.3 cm³/mol. The van der Waals surface area contributed by atoms with Gasteiger partial charge in [0, 0.05) is 24.4 Å². The van der Waals surface area contributed by atoms with Crippen molar-refractivity contribution in [2.75, 3.05) is 13.1 Å². The van der Waals surface area contributed by atoms with Gasteiger partial charge in [0.15, 0.2) is 0 Å². The average Bonchev–Trinajstić information content (AvgIpc) is 2.94. The molecule has 3 nitrogen and oxygen atoms in total. The van der Waals surface area contributed by atoms with Gasteiger partial charge in [-0.2, -0.15) is 11.3 Å². The highest BCUT2D eigenvalue weighted by Gasteiger charge is 2.38. The number of hydrogen-bond acceptors (Lipinski definition) is 3. The molecular weight excluding hydrogens is 234 g/mol. The van der Waals surface area contributed by atoms with E-state index in [2.05, 4.69) is 6.92 Å². The molecule has 2 fully saturated rings. The molecule has 4 heteroatoms. The molecule has 0 saturated carbocycles. The number of likely N-dealkylation sites (tertiary alicyclic amines) is 1. The highest BCUT2D eigenvalue weighted by Crippen LogP contribution is 2.33. The predicted octanol–water partition coefficient (Wildman–Crippen LogP) is 2.39. The minimum Gasteiger partial charge on any atom is -0.375 e. The molecule has 3 rings (SSSR count). The van der Waals surface area contributed by atoms with Crippen LogP contribution in [-0.2, 0) is 4.74 Å². The van der Waals surface area contributed by atoms with E-state index >= 15 is 0 Å². The summed E-state index contributed by atoms with van der Waals surface area (Å²) in [6, 6.07) is 1.91. The summed E-state index contributed by atoms with van der Waals surface area (Å²) in [5, 5.41) is 3.89. The number of fused-ring (bicyclic) bond motifs is 1. The van der Waals surface area contributed by atoms with E-state index < -0.39 is 0 Å². The number of carbonyl (C=O) groups excluding carboxylic acids is 1. The van der Waals surface area contributed by atoms with Gasteiger partial charge in [-0.15, -0.1) is 0 Å². The molecule has 0 aromatic carbocycles. The first kappa shape index (κ1) is 11.2. The van der Waals surface area contributed by atoms with Crippen molar-refractivity contribution in [2.24, 2.45) is 5.92 Å². The van der Waals surface area contributed by atoms with Crippen molar-refractivity contribution in [1.82, 2.24) is 4.90 Å². The van der Waals surface area contributed by atoms with E-state index in [0.717, 1.165) is 31.5 Å². The zero-order valence-corrected chi connectivity index (χ0v) is 10.8. The highest BCUT2D eigenvalue weighted by atomic mass is 32.1. The molecule has 0 aliphatic carbocycles. The second-order valence-corrected chi connectivity index (χ2v) is 5.81. The summed E-state index contributed by atoms with van der Waals surface area (Å²) in [7, 11) is 0. The van der Waals surface area contributed by atoms with E-state index in [1.54, 1.807) is 11.3 Å². The van der Waals surface area contributed by atoms with Crippen molar-refractivity contribution >= 4 is 17.2 Å². The van der Waals surface area contributed by atoms with Crippen LogP contribution in [-0.4, -0.2) is 36.1 Å². The van der Waals surface area contributed by atoms with E-state index in [4.69, 9.17) is 4.74 Å². The summed E-state index contributed by atoms with van der Waals surface area (Å²) in [5.74, 6) is 0.727. The van der Waals surface area contributed by atoms with Crippen LogP contribution in [0.2, 0.25) is 0 Å². The monoisotopic (exact) mass is 251 g/mol. The summed E-state index contributed by atoms with van der Waals surface area (Å²) in [5.41, 5.74) is 0.834. The van der Waals surface area contributed by atoms with Gasteiger partial charge in [0.1, 0.15) is 0 Å². The fourth-order valence-electron chi connectivity index (χ4n) is 2.95. The van der Waals surface area contributed by atoms with Crippen molar-refractivity contribution in [3.63, 3.8) is 0 Å². The largest absolute Gasteiger partial charge is 0.375 e. The van der Waals surface area contributed by atoms with Gasteiger partial charge in [-0.3, -0.25) is 4.79 Å². The molecule has 2 aliphatic rings. The first-order valence-corrected chi connectivity index (χ1v) is 7.15. The van der Waals surface area contributed by atoms with E-state index in [9.17, 15) is 4.79 Å². The zero-order valence-electron chi connectivity index (χ0n) is 9.96. The number of rotatable bonds is 1. The number of hydrogen-bond donors (Lipinski definition) is 0. The van der Waals surface area contributed by atoms with E-state index in [1.165, 1.54) is 0 Å². The third-order valence-electron chi connectivity index (χ3n) is 3.76. The Morgan fingerprint density at radius 3 is 3.24 bits per heavy atom. The minimum atomic E-state index is 0.184. The molecule has 1 aromatic rings. The van der Waals surface area contributed by atoms with Crippen LogP contribution >= 0.6 is 11.3 Å². The summed E-state index contributed by atoms with van der Waals surface area (Å²) in [6.45, 7) is 3.83. The molecule has 1 amide bonds. The average molecular weight is 251 g/mol. The van der Waals surface area contributed by atoms with Crippen LogP contribution in [0.15, 0.2) is 16.8 Å². The van der Waals surface area contributed by atoms with Crippen LogP contribution < -0.4 is 0 Å². The second kappa shape index (κ2) is 4.42. The minimum absolute atomic E-state index is 0.184. The van der Waals surface area contributed by atoms with Crippen LogP contribution in [0.25, 0.3) is 0 Å². The molecule has 92 valence electrons. The Kier molecular flexibility index (Phi) is 2.92. The third kappa shape index (κ3) is 2.11. The summed E-state index contributed by atoms with van der Waals surface area (Å²) < 4.78 is 5.85. The quantitative estimate of drug-likeness (QED) is 0.767. The standard InChI is InChI=1S/C13H17NO2S/c1-9-6-11-7-14(4-2-12(11)16-9)13(15)10-3-5-17-8-10/h3,5,8-9,11-12H,2,4,6-7H2,1H3/t9-,11-,12+/m1/s1. The van der Waals surface area contributed by atoms with Gasteiger partial charge < -0.3 is 9.64 Å². The zero-order chi connectivity index (χ0) is 11.8. The van der Waals surface area contributed by atoms with Gasteiger partial charge in [-0.25, -0.2) is 0 Å². The summed E-state index contributed by atoms with van der Waals surface area (Å²) >= 11 is 1.58. The topological polar surface area (TPSA) is 29.5 Å². The third-order valence-corrected chi connectivity index (χ3v) is 4.44.